The minimum atomic E-state index is -2.75. The third kappa shape index (κ3) is 11.1. The van der Waals surface area contributed by atoms with Gasteiger partial charge in [0.2, 0.25) is 5.41 Å². The van der Waals surface area contributed by atoms with E-state index in [-0.39, 0.29) is 16.7 Å². The molecule has 0 aromatic heterocycles. The highest BCUT2D eigenvalue weighted by molar-refractivity contribution is 6.14. The molecule has 1 aliphatic rings. The molecule has 5 aromatic carbocycles. The molecule has 13 heteroatoms. The Hall–Kier alpha value is -7.03. The van der Waals surface area contributed by atoms with Gasteiger partial charge < -0.3 is 0 Å². The monoisotopic (exact) mass is 896 g/mol. The number of hydrogen-bond donors (Lipinski definition) is 0. The van der Waals surface area contributed by atoms with E-state index in [1.807, 2.05) is 30.3 Å². The highest BCUT2D eigenvalue weighted by Crippen LogP contribution is 2.42. The minimum Gasteiger partial charge on any atom is -0.297 e. The van der Waals surface area contributed by atoms with Gasteiger partial charge in [-0.2, -0.15) is 19.6 Å². The third-order valence-electron chi connectivity index (χ3n) is 11.1. The summed E-state index contributed by atoms with van der Waals surface area (Å²) >= 11 is 0. The minimum absolute atomic E-state index is 0.0187. The topological polar surface area (TPSA) is 159 Å². The Bertz CT molecular complexity index is 2510. The highest BCUT2D eigenvalue weighted by atomic mass is 17.2. The normalized spacial score (nSPS) is 14.9. The lowest BCUT2D eigenvalue weighted by atomic mass is 9.70. The summed E-state index contributed by atoms with van der Waals surface area (Å²) in [7, 11) is 0. The van der Waals surface area contributed by atoms with E-state index in [2.05, 4.69) is 0 Å². The number of allylic oxidation sites excluding steroid dienone is 2. The number of rotatable bonds is 18. The number of carbonyl (C=O) groups is 5. The Labute approximate surface area is 383 Å². The maximum absolute atomic E-state index is 14.7. The van der Waals surface area contributed by atoms with Gasteiger partial charge >= 0.3 is 23.9 Å². The van der Waals surface area contributed by atoms with Crippen LogP contribution in [0, 0.1) is 11.3 Å². The number of benzene rings is 5. The summed E-state index contributed by atoms with van der Waals surface area (Å²) < 4.78 is 0. The van der Waals surface area contributed by atoms with Crippen LogP contribution in [0.5, 0.6) is 0 Å². The fourth-order valence-electron chi connectivity index (χ4n) is 6.88. The fraction of sp³-hybridized carbons (Fsp3) is 0.264. The second-order valence-corrected chi connectivity index (χ2v) is 17.6. The van der Waals surface area contributed by atoms with Crippen LogP contribution in [0.1, 0.15) is 98.4 Å². The second-order valence-electron chi connectivity index (χ2n) is 17.6. The van der Waals surface area contributed by atoms with E-state index in [1.54, 1.807) is 146 Å². The molecular formula is C53H52O13. The van der Waals surface area contributed by atoms with E-state index >= 15 is 0 Å². The highest BCUT2D eigenvalue weighted by Gasteiger charge is 2.60. The van der Waals surface area contributed by atoms with E-state index in [0.29, 0.717) is 16.7 Å². The van der Waals surface area contributed by atoms with Gasteiger partial charge in [-0.25, -0.2) is 19.2 Å². The molecule has 1 unspecified atom stereocenters. The SMILES string of the molecule is CC(C)(OOC(=O)c1cccc(C(=O)C2=CC(C(=O)OOC(C)(C)c3ccccc3)C(C(=O)OOC(C)(C)c3ccccc3)(C(=O)OOC(C)(C)c3ccccc3)C=C2)c1)c1ccccc1. The predicted molar refractivity (Wildman–Crippen MR) is 240 cm³/mol. The third-order valence-corrected chi connectivity index (χ3v) is 11.1. The summed E-state index contributed by atoms with van der Waals surface area (Å²) in [6.45, 7) is 13.3. The van der Waals surface area contributed by atoms with Crippen LogP contribution in [0.3, 0.4) is 0 Å². The van der Waals surface area contributed by atoms with Crippen molar-refractivity contribution in [2.24, 2.45) is 11.3 Å². The quantitative estimate of drug-likeness (QED) is 0.0354. The molecule has 0 aliphatic heterocycles. The Kier molecular flexibility index (Phi) is 14.7. The van der Waals surface area contributed by atoms with Crippen LogP contribution >= 0.6 is 0 Å². The van der Waals surface area contributed by atoms with Gasteiger partial charge in [-0.05, 0) is 89.8 Å². The first-order valence-electron chi connectivity index (χ1n) is 21.1. The fourth-order valence-corrected chi connectivity index (χ4v) is 6.88. The predicted octanol–water partition coefficient (Wildman–Crippen LogP) is 10.2. The van der Waals surface area contributed by atoms with Gasteiger partial charge in [-0.3, -0.25) is 24.3 Å². The molecule has 0 saturated heterocycles. The van der Waals surface area contributed by atoms with E-state index < -0.39 is 63.4 Å². The maximum Gasteiger partial charge on any atom is 0.373 e. The molecule has 0 saturated carbocycles. The van der Waals surface area contributed by atoms with E-state index in [1.165, 1.54) is 24.3 Å². The number of carbonyl (C=O) groups excluding carboxylic acids is 5. The Morgan fingerprint density at radius 3 is 1.21 bits per heavy atom. The van der Waals surface area contributed by atoms with Crippen LogP contribution in [0.4, 0.5) is 0 Å². The maximum atomic E-state index is 14.7. The lowest BCUT2D eigenvalue weighted by Crippen LogP contribution is -2.51. The molecule has 1 aliphatic carbocycles. The molecule has 0 radical (unpaired) electrons. The molecule has 0 spiro atoms. The van der Waals surface area contributed by atoms with Gasteiger partial charge in [0, 0.05) is 11.1 Å². The first kappa shape index (κ1) is 48.4. The zero-order valence-corrected chi connectivity index (χ0v) is 38.0. The Morgan fingerprint density at radius 2 is 0.803 bits per heavy atom. The summed E-state index contributed by atoms with van der Waals surface area (Å²) in [5, 5.41) is 0. The molecule has 342 valence electrons. The van der Waals surface area contributed by atoms with Crippen molar-refractivity contribution >= 4 is 29.7 Å². The number of ketones is 1. The van der Waals surface area contributed by atoms with Crippen molar-refractivity contribution in [2.75, 3.05) is 0 Å². The van der Waals surface area contributed by atoms with Crippen molar-refractivity contribution in [3.63, 3.8) is 0 Å². The van der Waals surface area contributed by atoms with Crippen LogP contribution in [0.15, 0.2) is 169 Å². The molecule has 0 fully saturated rings. The van der Waals surface area contributed by atoms with Crippen LogP contribution in [-0.2, 0) is 75.9 Å². The summed E-state index contributed by atoms with van der Waals surface area (Å²) in [4.78, 5) is 116. The molecule has 13 nitrogen and oxygen atoms in total. The standard InChI is InChI=1S/C53H52O13/c1-49(2,39-24-13-9-14-25-39)63-59-45(55)38-23-21-22-36(34-38)44(54)37-32-33-53(47(57)61-65-51(5,6)41-28-17-11-18-29-41,48(58)62-66-52(7,8)42-30-19-12-20-31-42)43(35-37)46(56)60-64-50(3,4)40-26-15-10-16-27-40/h9-35,43H,1-8H3. The van der Waals surface area contributed by atoms with Crippen LogP contribution < -0.4 is 0 Å². The lowest BCUT2D eigenvalue weighted by molar-refractivity contribution is -0.350. The summed E-state index contributed by atoms with van der Waals surface area (Å²) in [6.07, 6.45) is 3.21. The van der Waals surface area contributed by atoms with Crippen LogP contribution in [0.2, 0.25) is 0 Å². The van der Waals surface area contributed by atoms with E-state index in [4.69, 9.17) is 39.1 Å². The summed E-state index contributed by atoms with van der Waals surface area (Å²) in [5.41, 5.74) is -5.18. The van der Waals surface area contributed by atoms with Gasteiger partial charge in [0.05, 0.1) is 5.56 Å². The lowest BCUT2D eigenvalue weighted by Gasteiger charge is -2.34. The summed E-state index contributed by atoms with van der Waals surface area (Å²) in [5.74, 6) is -7.73. The average molecular weight is 897 g/mol. The van der Waals surface area contributed by atoms with Crippen LogP contribution in [-0.4, -0.2) is 29.7 Å². The molecule has 66 heavy (non-hydrogen) atoms. The van der Waals surface area contributed by atoms with Gasteiger partial charge in [0.15, 0.2) is 5.78 Å². The van der Waals surface area contributed by atoms with Crippen molar-refractivity contribution in [3.05, 3.63) is 203 Å². The Morgan fingerprint density at radius 1 is 0.439 bits per heavy atom. The molecule has 0 N–H and O–H groups in total. The van der Waals surface area contributed by atoms with Gasteiger partial charge in [0.1, 0.15) is 28.3 Å². The largest absolute Gasteiger partial charge is 0.373 e. The van der Waals surface area contributed by atoms with Crippen molar-refractivity contribution < 1.29 is 63.1 Å². The zero-order chi connectivity index (χ0) is 47.8. The zero-order valence-electron chi connectivity index (χ0n) is 38.0. The van der Waals surface area contributed by atoms with Crippen molar-refractivity contribution in [1.82, 2.24) is 0 Å². The number of hydrogen-bond acceptors (Lipinski definition) is 13. The van der Waals surface area contributed by atoms with E-state index in [0.717, 1.165) is 23.8 Å². The Balaban J connectivity index is 1.36. The van der Waals surface area contributed by atoms with Gasteiger partial charge in [-0.1, -0.05) is 152 Å². The van der Waals surface area contributed by atoms with Crippen molar-refractivity contribution in [1.29, 1.82) is 0 Å². The van der Waals surface area contributed by atoms with Gasteiger partial charge in [0.25, 0.3) is 0 Å². The first-order chi connectivity index (χ1) is 31.3. The summed E-state index contributed by atoms with van der Waals surface area (Å²) in [6, 6.07) is 41.2. The van der Waals surface area contributed by atoms with Crippen molar-refractivity contribution in [2.45, 2.75) is 77.8 Å². The molecule has 6 rings (SSSR count). The second kappa shape index (κ2) is 20.0. The average Bonchev–Trinajstić information content (AvgIpc) is 3.34. The molecule has 0 amide bonds. The first-order valence-corrected chi connectivity index (χ1v) is 21.1. The molecule has 0 heterocycles. The molecule has 5 aromatic rings. The molecule has 0 bridgehead atoms. The smallest absolute Gasteiger partial charge is 0.297 e. The molecule has 1 atom stereocenters. The van der Waals surface area contributed by atoms with E-state index in [9.17, 15) is 24.0 Å². The number of Topliss-reactive ketones (excluding diaryl/α,β-unsaturated/α-hetero) is 1. The van der Waals surface area contributed by atoms with Crippen molar-refractivity contribution in [3.8, 4) is 0 Å². The van der Waals surface area contributed by atoms with Gasteiger partial charge in [-0.15, -0.1) is 0 Å². The van der Waals surface area contributed by atoms with Crippen LogP contribution in [0.25, 0.3) is 0 Å². The molecular weight excluding hydrogens is 845 g/mol.